The summed E-state index contributed by atoms with van der Waals surface area (Å²) < 4.78 is 0. The van der Waals surface area contributed by atoms with Gasteiger partial charge in [-0.3, -0.25) is 9.78 Å². The van der Waals surface area contributed by atoms with Crippen molar-refractivity contribution in [2.24, 2.45) is 11.7 Å². The van der Waals surface area contributed by atoms with Gasteiger partial charge in [0.25, 0.3) is 0 Å². The Bertz CT molecular complexity index is 617. The summed E-state index contributed by atoms with van der Waals surface area (Å²) in [6.45, 7) is 0.571. The quantitative estimate of drug-likeness (QED) is 0.867. The minimum absolute atomic E-state index is 0.0132. The number of nitrogens with one attached hydrogen (secondary N) is 1. The third-order valence-electron chi connectivity index (χ3n) is 3.83. The fourth-order valence-corrected chi connectivity index (χ4v) is 2.47. The van der Waals surface area contributed by atoms with Crippen LogP contribution in [0.5, 0.6) is 0 Å². The van der Waals surface area contributed by atoms with Crippen LogP contribution in [0.25, 0.3) is 10.9 Å². The van der Waals surface area contributed by atoms with Gasteiger partial charge in [-0.25, -0.2) is 0 Å². The predicted molar refractivity (Wildman–Crippen MR) is 79.2 cm³/mol. The molecular formula is C16H19N3O. The van der Waals surface area contributed by atoms with Crippen LogP contribution in [0.4, 0.5) is 0 Å². The first-order valence-electron chi connectivity index (χ1n) is 7.09. The highest BCUT2D eigenvalue weighted by Crippen LogP contribution is 2.31. The Labute approximate surface area is 118 Å². The number of nitrogens with two attached hydrogens (primary N) is 1. The van der Waals surface area contributed by atoms with Gasteiger partial charge in [-0.15, -0.1) is 0 Å². The Morgan fingerprint density at radius 1 is 1.35 bits per heavy atom. The average Bonchev–Trinajstić information content (AvgIpc) is 3.30. The number of aromatic nitrogens is 1. The molecule has 20 heavy (non-hydrogen) atoms. The summed E-state index contributed by atoms with van der Waals surface area (Å²) in [5, 5.41) is 3.99. The number of carbonyl (C=O) groups is 1. The predicted octanol–water partition coefficient (Wildman–Crippen LogP) is 1.63. The van der Waals surface area contributed by atoms with Gasteiger partial charge in [0, 0.05) is 24.2 Å². The molecule has 0 radical (unpaired) electrons. The molecule has 0 spiro atoms. The molecule has 1 aliphatic carbocycles. The lowest BCUT2D eigenvalue weighted by atomic mass is 10.1. The van der Waals surface area contributed by atoms with Crippen LogP contribution in [-0.2, 0) is 11.2 Å². The van der Waals surface area contributed by atoms with Crippen molar-refractivity contribution >= 4 is 16.8 Å². The summed E-state index contributed by atoms with van der Waals surface area (Å²) in [6, 6.07) is 9.93. The van der Waals surface area contributed by atoms with E-state index in [1.807, 2.05) is 30.3 Å². The van der Waals surface area contributed by atoms with Crippen LogP contribution in [-0.4, -0.2) is 23.5 Å². The van der Waals surface area contributed by atoms with E-state index in [1.165, 1.54) is 12.8 Å². The number of fused-ring (bicyclic) bond motifs is 1. The Morgan fingerprint density at radius 3 is 2.95 bits per heavy atom. The van der Waals surface area contributed by atoms with Crippen LogP contribution >= 0.6 is 0 Å². The molecule has 104 valence electrons. The standard InChI is InChI=1S/C16H19N3O/c17-14(11-6-7-11)10-19-15(20)9-13-4-1-3-12-5-2-8-18-16(12)13/h1-5,8,11,14H,6-7,9-10,17H2,(H,19,20). The van der Waals surface area contributed by atoms with Crippen LogP contribution in [0.1, 0.15) is 18.4 Å². The van der Waals surface area contributed by atoms with Gasteiger partial charge >= 0.3 is 0 Å². The first kappa shape index (κ1) is 13.1. The molecule has 3 N–H and O–H groups in total. The zero-order valence-electron chi connectivity index (χ0n) is 11.4. The second kappa shape index (κ2) is 5.59. The topological polar surface area (TPSA) is 68.0 Å². The summed E-state index contributed by atoms with van der Waals surface area (Å²) in [7, 11) is 0. The number of hydrogen-bond acceptors (Lipinski definition) is 3. The molecule has 0 bridgehead atoms. The molecule has 2 aromatic rings. The van der Waals surface area contributed by atoms with Gasteiger partial charge in [-0.05, 0) is 30.4 Å². The molecule has 1 heterocycles. The Hall–Kier alpha value is -1.94. The molecule has 1 aromatic carbocycles. The van der Waals surface area contributed by atoms with Crippen molar-refractivity contribution in [3.63, 3.8) is 0 Å². The monoisotopic (exact) mass is 269 g/mol. The maximum absolute atomic E-state index is 12.0. The zero-order chi connectivity index (χ0) is 13.9. The molecule has 1 aliphatic rings. The highest BCUT2D eigenvalue weighted by Gasteiger charge is 2.28. The molecule has 1 amide bonds. The van der Waals surface area contributed by atoms with E-state index in [4.69, 9.17) is 5.73 Å². The van der Waals surface area contributed by atoms with Gasteiger partial charge in [-0.1, -0.05) is 24.3 Å². The molecule has 4 heteroatoms. The van der Waals surface area contributed by atoms with Crippen LogP contribution in [0.3, 0.4) is 0 Å². The van der Waals surface area contributed by atoms with Crippen LogP contribution in [0, 0.1) is 5.92 Å². The van der Waals surface area contributed by atoms with E-state index >= 15 is 0 Å². The molecule has 4 nitrogen and oxygen atoms in total. The molecule has 0 aliphatic heterocycles. The van der Waals surface area contributed by atoms with Crippen LogP contribution in [0.2, 0.25) is 0 Å². The second-order valence-corrected chi connectivity index (χ2v) is 5.47. The van der Waals surface area contributed by atoms with E-state index in [2.05, 4.69) is 10.3 Å². The summed E-state index contributed by atoms with van der Waals surface area (Å²) in [4.78, 5) is 16.4. The van der Waals surface area contributed by atoms with E-state index in [-0.39, 0.29) is 11.9 Å². The first-order chi connectivity index (χ1) is 9.74. The summed E-state index contributed by atoms with van der Waals surface area (Å²) in [5.41, 5.74) is 7.84. The van der Waals surface area contributed by atoms with Crippen molar-refractivity contribution in [1.29, 1.82) is 0 Å². The van der Waals surface area contributed by atoms with Crippen LogP contribution in [0.15, 0.2) is 36.5 Å². The van der Waals surface area contributed by atoms with Crippen molar-refractivity contribution in [3.8, 4) is 0 Å². The zero-order valence-corrected chi connectivity index (χ0v) is 11.4. The SMILES string of the molecule is NC(CNC(=O)Cc1cccc2cccnc12)C1CC1. The van der Waals surface area contributed by atoms with Crippen molar-refractivity contribution in [2.45, 2.75) is 25.3 Å². The number of rotatable bonds is 5. The largest absolute Gasteiger partial charge is 0.354 e. The second-order valence-electron chi connectivity index (χ2n) is 5.47. The number of amides is 1. The maximum atomic E-state index is 12.0. The van der Waals surface area contributed by atoms with Gasteiger partial charge in [0.1, 0.15) is 0 Å². The van der Waals surface area contributed by atoms with Crippen LogP contribution < -0.4 is 11.1 Å². The first-order valence-corrected chi connectivity index (χ1v) is 7.09. The summed E-state index contributed by atoms with van der Waals surface area (Å²) in [6.07, 6.45) is 4.51. The Morgan fingerprint density at radius 2 is 2.15 bits per heavy atom. The van der Waals surface area contributed by atoms with E-state index < -0.39 is 0 Å². The van der Waals surface area contributed by atoms with E-state index in [9.17, 15) is 4.79 Å². The van der Waals surface area contributed by atoms with Crippen molar-refractivity contribution in [3.05, 3.63) is 42.1 Å². The Kier molecular flexibility index (Phi) is 3.65. The van der Waals surface area contributed by atoms with E-state index in [0.29, 0.717) is 18.9 Å². The van der Waals surface area contributed by atoms with Gasteiger partial charge < -0.3 is 11.1 Å². The third-order valence-corrected chi connectivity index (χ3v) is 3.83. The number of nitrogens with zero attached hydrogens (tertiary/aromatic N) is 1. The number of carbonyl (C=O) groups excluding carboxylic acids is 1. The van der Waals surface area contributed by atoms with Gasteiger partial charge in [-0.2, -0.15) is 0 Å². The molecule has 0 saturated heterocycles. The lowest BCUT2D eigenvalue weighted by Gasteiger charge is -2.12. The number of pyridine rings is 1. The number of para-hydroxylation sites is 1. The summed E-state index contributed by atoms with van der Waals surface area (Å²) in [5.74, 6) is 0.619. The normalized spacial score (nSPS) is 16.1. The Balaban J connectivity index is 1.64. The average molecular weight is 269 g/mol. The minimum Gasteiger partial charge on any atom is -0.354 e. The minimum atomic E-state index is 0.0132. The maximum Gasteiger partial charge on any atom is 0.224 e. The fourth-order valence-electron chi connectivity index (χ4n) is 2.47. The molecule has 1 aromatic heterocycles. The van der Waals surface area contributed by atoms with Crippen molar-refractivity contribution in [1.82, 2.24) is 10.3 Å². The fraction of sp³-hybridized carbons (Fsp3) is 0.375. The van der Waals surface area contributed by atoms with E-state index in [0.717, 1.165) is 16.5 Å². The lowest BCUT2D eigenvalue weighted by Crippen LogP contribution is -2.39. The molecule has 1 atom stereocenters. The third kappa shape index (κ3) is 2.96. The highest BCUT2D eigenvalue weighted by molar-refractivity contribution is 5.87. The van der Waals surface area contributed by atoms with Crippen molar-refractivity contribution < 1.29 is 4.79 Å². The lowest BCUT2D eigenvalue weighted by molar-refractivity contribution is -0.120. The summed E-state index contributed by atoms with van der Waals surface area (Å²) >= 11 is 0. The molecule has 3 rings (SSSR count). The smallest absolute Gasteiger partial charge is 0.224 e. The van der Waals surface area contributed by atoms with E-state index in [1.54, 1.807) is 6.20 Å². The molecular weight excluding hydrogens is 250 g/mol. The van der Waals surface area contributed by atoms with Gasteiger partial charge in [0.15, 0.2) is 0 Å². The van der Waals surface area contributed by atoms with Gasteiger partial charge in [0.2, 0.25) is 5.91 Å². The van der Waals surface area contributed by atoms with Gasteiger partial charge in [0.05, 0.1) is 11.9 Å². The molecule has 1 unspecified atom stereocenters. The highest BCUT2D eigenvalue weighted by atomic mass is 16.1. The number of benzene rings is 1. The molecule has 1 saturated carbocycles. The number of hydrogen-bond donors (Lipinski definition) is 2. The molecule has 1 fully saturated rings. The van der Waals surface area contributed by atoms with Crippen molar-refractivity contribution in [2.75, 3.05) is 6.54 Å².